The van der Waals surface area contributed by atoms with Crippen LogP contribution < -0.4 is 21.1 Å². The lowest BCUT2D eigenvalue weighted by atomic mass is 9.94. The molecule has 2 saturated carbocycles. The Balaban J connectivity index is 1.25. The van der Waals surface area contributed by atoms with Gasteiger partial charge in [0.15, 0.2) is 0 Å². The third-order valence-corrected chi connectivity index (χ3v) is 12.2. The number of nitrogens with zero attached hydrogens (tertiary/aromatic N) is 2. The summed E-state index contributed by atoms with van der Waals surface area (Å²) in [5.74, 6) is -2.49. The quantitative estimate of drug-likeness (QED) is 0.303. The zero-order valence-corrected chi connectivity index (χ0v) is 30.3. The number of allylic oxidation sites excluding steroid dienone is 2. The van der Waals surface area contributed by atoms with Crippen molar-refractivity contribution in [1.82, 2.24) is 25.2 Å². The van der Waals surface area contributed by atoms with Gasteiger partial charge < -0.3 is 35.6 Å². The van der Waals surface area contributed by atoms with Crippen molar-refractivity contribution in [3.63, 3.8) is 0 Å². The maximum Gasteiger partial charge on any atom is 0.410 e. The monoisotopic (exact) mass is 730 g/mol. The molecule has 16 heteroatoms. The second-order valence-corrected chi connectivity index (χ2v) is 17.6. The molecular weight excluding hydrogens is 680 g/mol. The minimum absolute atomic E-state index is 0.00427. The molecule has 2 saturated heterocycles. The fraction of sp³-hybridized carbons (Fsp3) is 0.686. The van der Waals surface area contributed by atoms with Crippen LogP contribution in [0.15, 0.2) is 35.6 Å². The van der Waals surface area contributed by atoms with Crippen molar-refractivity contribution in [2.24, 2.45) is 17.6 Å². The second kappa shape index (κ2) is 14.2. The van der Waals surface area contributed by atoms with Crippen LogP contribution in [0.25, 0.3) is 0 Å². The van der Waals surface area contributed by atoms with Crippen molar-refractivity contribution in [3.8, 4) is 0 Å². The zero-order chi connectivity index (χ0) is 36.7. The molecule has 4 fully saturated rings. The highest BCUT2D eigenvalue weighted by Gasteiger charge is 2.62. The van der Waals surface area contributed by atoms with Crippen molar-refractivity contribution in [1.29, 1.82) is 0 Å². The highest BCUT2D eigenvalue weighted by atomic mass is 32.2. The van der Waals surface area contributed by atoms with Crippen molar-refractivity contribution in [3.05, 3.63) is 35.6 Å². The van der Waals surface area contributed by atoms with Crippen LogP contribution in [-0.2, 0) is 33.9 Å². The number of amides is 5. The van der Waals surface area contributed by atoms with E-state index in [4.69, 9.17) is 15.2 Å². The molecule has 6 atom stereocenters. The van der Waals surface area contributed by atoms with E-state index < -0.39 is 80.4 Å². The summed E-state index contributed by atoms with van der Waals surface area (Å²) in [4.78, 5) is 71.3. The van der Waals surface area contributed by atoms with Crippen molar-refractivity contribution < 1.29 is 41.9 Å². The minimum atomic E-state index is -3.90. The van der Waals surface area contributed by atoms with E-state index in [2.05, 4.69) is 15.4 Å². The lowest BCUT2D eigenvalue weighted by Gasteiger charge is -2.30. The van der Waals surface area contributed by atoms with E-state index in [0.717, 1.165) is 24.1 Å². The van der Waals surface area contributed by atoms with Crippen molar-refractivity contribution >= 4 is 39.9 Å². The number of nitrogens with one attached hydrogen (secondary N) is 3. The van der Waals surface area contributed by atoms with Gasteiger partial charge in [0.05, 0.1) is 11.8 Å². The molecule has 5 amide bonds. The molecule has 0 aromatic rings. The average Bonchev–Trinajstić information content (AvgIpc) is 3.93. The first-order valence-electron chi connectivity index (χ1n) is 18.0. The number of hydrogen-bond donors (Lipinski definition) is 4. The summed E-state index contributed by atoms with van der Waals surface area (Å²) in [6.07, 6.45) is 10.2. The van der Waals surface area contributed by atoms with Gasteiger partial charge in [-0.05, 0) is 64.9 Å². The van der Waals surface area contributed by atoms with Gasteiger partial charge in [0.2, 0.25) is 21.8 Å². The van der Waals surface area contributed by atoms with E-state index in [0.29, 0.717) is 45.2 Å². The van der Waals surface area contributed by atoms with E-state index in [9.17, 15) is 32.4 Å². The molecule has 3 aliphatic carbocycles. The third-order valence-electron chi connectivity index (χ3n) is 10.4. The highest BCUT2D eigenvalue weighted by molar-refractivity contribution is 7.91. The fourth-order valence-corrected chi connectivity index (χ4v) is 8.76. The molecular formula is C35H50N6O9S. The van der Waals surface area contributed by atoms with E-state index in [1.165, 1.54) is 4.90 Å². The van der Waals surface area contributed by atoms with Crippen LogP contribution in [-0.4, -0.2) is 102 Å². The molecule has 0 aromatic carbocycles. The molecule has 6 rings (SSSR count). The summed E-state index contributed by atoms with van der Waals surface area (Å²) >= 11 is 0. The van der Waals surface area contributed by atoms with Gasteiger partial charge in [0, 0.05) is 43.5 Å². The number of fused-ring (bicyclic) bond motifs is 3. The van der Waals surface area contributed by atoms with Gasteiger partial charge in [-0.15, -0.1) is 0 Å². The largest absolute Gasteiger partial charge is 0.444 e. The predicted molar refractivity (Wildman–Crippen MR) is 185 cm³/mol. The molecule has 0 bridgehead atoms. The number of rotatable bonds is 5. The number of nitrogens with two attached hydrogens (primary N) is 1. The predicted octanol–water partition coefficient (Wildman–Crippen LogP) is 2.09. The molecule has 6 aliphatic rings. The summed E-state index contributed by atoms with van der Waals surface area (Å²) in [5.41, 5.74) is 5.55. The lowest BCUT2D eigenvalue weighted by molar-refractivity contribution is -0.141. The van der Waals surface area contributed by atoms with Crippen LogP contribution in [0.3, 0.4) is 0 Å². The zero-order valence-electron chi connectivity index (χ0n) is 29.5. The average molecular weight is 731 g/mol. The van der Waals surface area contributed by atoms with Gasteiger partial charge >= 0.3 is 12.2 Å². The van der Waals surface area contributed by atoms with E-state index in [-0.39, 0.29) is 31.7 Å². The summed E-state index contributed by atoms with van der Waals surface area (Å²) in [7, 11) is -3.90. The van der Waals surface area contributed by atoms with E-state index >= 15 is 0 Å². The number of sulfonamides is 1. The molecule has 0 aromatic heterocycles. The van der Waals surface area contributed by atoms with Crippen LogP contribution in [0.4, 0.5) is 9.59 Å². The number of ether oxygens (including phenoxy) is 2. The van der Waals surface area contributed by atoms with Crippen LogP contribution in [0.2, 0.25) is 0 Å². The topological polar surface area (TPSA) is 207 Å². The van der Waals surface area contributed by atoms with E-state index in [1.54, 1.807) is 25.7 Å². The Morgan fingerprint density at radius 2 is 1.80 bits per heavy atom. The van der Waals surface area contributed by atoms with Crippen LogP contribution >= 0.6 is 0 Å². The summed E-state index contributed by atoms with van der Waals surface area (Å²) in [6.45, 7) is 5.71. The first-order valence-corrected chi connectivity index (χ1v) is 19.6. The Labute approximate surface area is 298 Å². The number of hydrogen-bond acceptors (Lipinski definition) is 10. The smallest absolute Gasteiger partial charge is 0.410 e. The second-order valence-electron chi connectivity index (χ2n) is 15.6. The molecule has 2 unspecified atom stereocenters. The maximum absolute atomic E-state index is 14.3. The molecule has 5 N–H and O–H groups in total. The molecule has 3 heterocycles. The first kappa shape index (κ1) is 36.7. The molecule has 3 aliphatic heterocycles. The van der Waals surface area contributed by atoms with Crippen LogP contribution in [0, 0.1) is 11.8 Å². The summed E-state index contributed by atoms with van der Waals surface area (Å²) < 4.78 is 39.1. The Kier molecular flexibility index (Phi) is 10.2. The van der Waals surface area contributed by atoms with Crippen molar-refractivity contribution in [2.45, 2.75) is 120 Å². The SMILES string of the molecule is CC(C)(C)OC(=O)N[C@H]1CCCCCC=C[C@@H]2C[C@@]2(C(=O)NS(=O)(=O)C2CC2)NC(=O)C2C[C@@H](OC(=O)N3CC4=C(N)CC=CC4C3)CN2C1=O. The third kappa shape index (κ3) is 8.36. The Hall–Kier alpha value is -4.08. The normalized spacial score (nSPS) is 31.4. The number of carbonyl (C=O) groups is 5. The van der Waals surface area contributed by atoms with Crippen LogP contribution in [0.1, 0.15) is 85.0 Å². The number of carbonyl (C=O) groups excluding carboxylic acids is 5. The molecule has 51 heavy (non-hydrogen) atoms. The molecule has 15 nitrogen and oxygen atoms in total. The fourth-order valence-electron chi connectivity index (χ4n) is 7.40. The molecule has 0 spiro atoms. The lowest BCUT2D eigenvalue weighted by Crippen LogP contribution is -2.58. The summed E-state index contributed by atoms with van der Waals surface area (Å²) in [6, 6.07) is -2.22. The van der Waals surface area contributed by atoms with Gasteiger partial charge in [-0.1, -0.05) is 37.1 Å². The number of alkyl carbamates (subject to hydrolysis) is 1. The van der Waals surface area contributed by atoms with Gasteiger partial charge in [0.25, 0.3) is 5.91 Å². The first-order chi connectivity index (χ1) is 24.1. The number of likely N-dealkylation sites (tertiary alicyclic amines) is 1. The van der Waals surface area contributed by atoms with Gasteiger partial charge in [-0.25, -0.2) is 18.0 Å². The molecule has 280 valence electrons. The van der Waals surface area contributed by atoms with E-state index in [1.807, 2.05) is 24.3 Å². The van der Waals surface area contributed by atoms with Crippen LogP contribution in [0.5, 0.6) is 0 Å². The van der Waals surface area contributed by atoms with Gasteiger partial charge in [-0.2, -0.15) is 0 Å². The molecule has 0 radical (unpaired) electrons. The van der Waals surface area contributed by atoms with Gasteiger partial charge in [-0.3, -0.25) is 19.1 Å². The maximum atomic E-state index is 14.3. The Morgan fingerprint density at radius 1 is 1.04 bits per heavy atom. The highest BCUT2D eigenvalue weighted by Crippen LogP contribution is 2.46. The Morgan fingerprint density at radius 3 is 2.51 bits per heavy atom. The van der Waals surface area contributed by atoms with Gasteiger partial charge in [0.1, 0.15) is 29.3 Å². The minimum Gasteiger partial charge on any atom is -0.444 e. The standard InChI is InChI=1S/C35H50N6O9S/c1-34(2,3)50-32(45)37-27-13-8-6-4-5-7-11-22-17-35(22,31(44)39-51(47,48)24-14-15-24)38-29(42)28-16-23(19-41(28)30(27)43)49-33(46)40-18-21-10-9-12-26(36)25(21)20-40/h7,9-11,21-24,27-28H,4-6,8,12-20,36H2,1-3H3,(H,37,45)(H,38,42)(H,39,44)/t21?,22-,23-,27+,28?,35-/m1/s1. The Bertz CT molecular complexity index is 1650. The summed E-state index contributed by atoms with van der Waals surface area (Å²) in [5, 5.41) is 4.87. The van der Waals surface area contributed by atoms with Crippen molar-refractivity contribution in [2.75, 3.05) is 19.6 Å².